The molecule has 3 rings (SSSR count). The van der Waals surface area contributed by atoms with Crippen molar-refractivity contribution < 1.29 is 18.0 Å². The molecule has 0 bridgehead atoms. The number of benzene rings is 2. The van der Waals surface area contributed by atoms with Gasteiger partial charge in [0.05, 0.1) is 6.04 Å². The third kappa shape index (κ3) is 4.61. The Hall–Kier alpha value is -1.76. The number of amides is 1. The van der Waals surface area contributed by atoms with E-state index in [9.17, 15) is 18.0 Å². The fourth-order valence-electron chi connectivity index (χ4n) is 3.42. The van der Waals surface area contributed by atoms with Crippen LogP contribution in [0.4, 0.5) is 13.2 Å². The van der Waals surface area contributed by atoms with E-state index in [4.69, 9.17) is 34.8 Å². The number of rotatable bonds is 5. The van der Waals surface area contributed by atoms with Crippen LogP contribution in [0.1, 0.15) is 42.5 Å². The second kappa shape index (κ2) is 8.77. The fraction of sp³-hybridized carbons (Fsp3) is 0.333. The van der Waals surface area contributed by atoms with Crippen LogP contribution in [-0.2, 0) is 16.8 Å². The van der Waals surface area contributed by atoms with E-state index in [2.05, 4.69) is 10.3 Å². The van der Waals surface area contributed by atoms with Crippen molar-refractivity contribution in [3.63, 3.8) is 0 Å². The molecule has 1 N–H and O–H groups in total. The maximum atomic E-state index is 14.2. The highest BCUT2D eigenvalue weighted by Gasteiger charge is 2.58. The van der Waals surface area contributed by atoms with Crippen molar-refractivity contribution in [1.82, 2.24) is 5.32 Å². The predicted molar refractivity (Wildman–Crippen MR) is 114 cm³/mol. The molecular formula is C21H18Cl3F3N2O. The Labute approximate surface area is 187 Å². The minimum atomic E-state index is -4.59. The number of nitrogens with zero attached hydrogens (tertiary/aromatic N) is 1. The van der Waals surface area contributed by atoms with Crippen LogP contribution >= 0.6 is 34.8 Å². The van der Waals surface area contributed by atoms with Gasteiger partial charge in [0, 0.05) is 34.2 Å². The van der Waals surface area contributed by atoms with Gasteiger partial charge in [0.1, 0.15) is 5.41 Å². The summed E-state index contributed by atoms with van der Waals surface area (Å²) >= 11 is 18.2. The Morgan fingerprint density at radius 3 is 2.40 bits per heavy atom. The number of hydrogen-bond acceptors (Lipinski definition) is 2. The standard InChI is InChI=1S/C21H18Cl3F3N2O/c1-2-19(30)28-10-13-4-3-12(5-17(13)24)18-9-20(11-29-18,21(25,26)27)14-6-15(22)8-16(23)7-14/h3-8,11,18H,2,9-10H2,1H3,(H,28,30). The number of alkyl halides is 3. The van der Waals surface area contributed by atoms with Crippen LogP contribution < -0.4 is 5.32 Å². The zero-order valence-corrected chi connectivity index (χ0v) is 18.1. The van der Waals surface area contributed by atoms with Crippen LogP contribution in [0.5, 0.6) is 0 Å². The van der Waals surface area contributed by atoms with Gasteiger partial charge in [-0.1, -0.05) is 53.9 Å². The summed E-state index contributed by atoms with van der Waals surface area (Å²) in [5, 5.41) is 3.32. The fourth-order valence-corrected chi connectivity index (χ4v) is 4.20. The molecule has 0 fully saturated rings. The van der Waals surface area contributed by atoms with Gasteiger partial charge >= 0.3 is 6.18 Å². The number of aliphatic imine (C=N–C) groups is 1. The van der Waals surface area contributed by atoms with Crippen molar-refractivity contribution in [2.24, 2.45) is 4.99 Å². The van der Waals surface area contributed by atoms with Crippen molar-refractivity contribution in [2.75, 3.05) is 0 Å². The quantitative estimate of drug-likeness (QED) is 0.512. The van der Waals surface area contributed by atoms with Crippen molar-refractivity contribution in [3.05, 3.63) is 68.2 Å². The first kappa shape index (κ1) is 22.9. The highest BCUT2D eigenvalue weighted by atomic mass is 35.5. The zero-order chi connectivity index (χ0) is 22.1. The highest BCUT2D eigenvalue weighted by Crippen LogP contribution is 2.51. The lowest BCUT2D eigenvalue weighted by molar-refractivity contribution is -0.168. The number of carbonyl (C=O) groups excluding carboxylic acids is 1. The van der Waals surface area contributed by atoms with Gasteiger partial charge in [0.15, 0.2) is 0 Å². The molecule has 160 valence electrons. The van der Waals surface area contributed by atoms with E-state index in [1.165, 1.54) is 18.2 Å². The van der Waals surface area contributed by atoms with Crippen LogP contribution in [-0.4, -0.2) is 18.3 Å². The lowest BCUT2D eigenvalue weighted by Crippen LogP contribution is -2.42. The van der Waals surface area contributed by atoms with Gasteiger partial charge in [-0.05, 0) is 47.4 Å². The van der Waals surface area contributed by atoms with Gasteiger partial charge < -0.3 is 5.32 Å². The monoisotopic (exact) mass is 476 g/mol. The van der Waals surface area contributed by atoms with Gasteiger partial charge in [-0.2, -0.15) is 13.2 Å². The van der Waals surface area contributed by atoms with E-state index in [0.717, 1.165) is 6.21 Å². The molecule has 0 aromatic heterocycles. The smallest absolute Gasteiger partial charge is 0.352 e. The molecule has 2 aromatic rings. The molecule has 9 heteroatoms. The first-order valence-electron chi connectivity index (χ1n) is 9.18. The number of carbonyl (C=O) groups is 1. The average Bonchev–Trinajstić information content (AvgIpc) is 3.13. The van der Waals surface area contributed by atoms with Crippen molar-refractivity contribution in [1.29, 1.82) is 0 Å². The van der Waals surface area contributed by atoms with Crippen LogP contribution in [0.15, 0.2) is 41.4 Å². The van der Waals surface area contributed by atoms with E-state index in [1.807, 2.05) is 0 Å². The molecule has 1 aliphatic rings. The summed E-state index contributed by atoms with van der Waals surface area (Å²) in [5.74, 6) is -0.120. The minimum Gasteiger partial charge on any atom is -0.352 e. The second-order valence-corrected chi connectivity index (χ2v) is 8.39. The van der Waals surface area contributed by atoms with Crippen LogP contribution in [0.3, 0.4) is 0 Å². The second-order valence-electron chi connectivity index (χ2n) is 7.11. The third-order valence-corrected chi connectivity index (χ3v) is 5.92. The molecule has 3 nitrogen and oxygen atoms in total. The van der Waals surface area contributed by atoms with Crippen LogP contribution in [0.25, 0.3) is 0 Å². The maximum absolute atomic E-state index is 14.2. The molecule has 0 aliphatic carbocycles. The SMILES string of the molecule is CCC(=O)NCc1ccc(C2CC(c3cc(Cl)cc(Cl)c3)(C(F)(F)F)C=N2)cc1Cl. The molecule has 1 heterocycles. The summed E-state index contributed by atoms with van der Waals surface area (Å²) < 4.78 is 42.5. The topological polar surface area (TPSA) is 41.5 Å². The molecule has 2 aromatic carbocycles. The summed E-state index contributed by atoms with van der Waals surface area (Å²) in [6.07, 6.45) is -3.63. The minimum absolute atomic E-state index is 0.0521. The van der Waals surface area contributed by atoms with Crippen molar-refractivity contribution in [2.45, 2.75) is 43.9 Å². The molecule has 0 saturated carbocycles. The normalized spacial score (nSPS) is 21.1. The lowest BCUT2D eigenvalue weighted by atomic mass is 9.77. The first-order valence-corrected chi connectivity index (χ1v) is 10.3. The number of nitrogens with one attached hydrogen (secondary N) is 1. The summed E-state index contributed by atoms with van der Waals surface area (Å²) in [6, 6.07) is 8.14. The summed E-state index contributed by atoms with van der Waals surface area (Å²) in [4.78, 5) is 15.6. The Kier molecular flexibility index (Phi) is 6.70. The summed E-state index contributed by atoms with van der Waals surface area (Å²) in [7, 11) is 0. The summed E-state index contributed by atoms with van der Waals surface area (Å²) in [6.45, 7) is 1.98. The molecule has 0 radical (unpaired) electrons. The van der Waals surface area contributed by atoms with Gasteiger partial charge in [0.25, 0.3) is 0 Å². The Morgan fingerprint density at radius 2 is 1.83 bits per heavy atom. The van der Waals surface area contributed by atoms with E-state index in [1.54, 1.807) is 25.1 Å². The Balaban J connectivity index is 1.89. The molecule has 1 aliphatic heterocycles. The van der Waals surface area contributed by atoms with Gasteiger partial charge in [-0.25, -0.2) is 0 Å². The van der Waals surface area contributed by atoms with E-state index in [0.29, 0.717) is 22.6 Å². The predicted octanol–water partition coefficient (Wildman–Crippen LogP) is 6.69. The average molecular weight is 478 g/mol. The van der Waals surface area contributed by atoms with E-state index in [-0.39, 0.29) is 34.5 Å². The summed E-state index contributed by atoms with van der Waals surface area (Å²) in [5.41, 5.74) is -1.12. The van der Waals surface area contributed by atoms with Crippen LogP contribution in [0, 0.1) is 0 Å². The lowest BCUT2D eigenvalue weighted by Gasteiger charge is -2.30. The Bertz CT molecular complexity index is 974. The highest BCUT2D eigenvalue weighted by molar-refractivity contribution is 6.34. The third-order valence-electron chi connectivity index (χ3n) is 5.13. The molecule has 1 amide bonds. The van der Waals surface area contributed by atoms with E-state index >= 15 is 0 Å². The van der Waals surface area contributed by atoms with Gasteiger partial charge in [0.2, 0.25) is 5.91 Å². The molecule has 0 spiro atoms. The van der Waals surface area contributed by atoms with Gasteiger partial charge in [-0.3, -0.25) is 9.79 Å². The van der Waals surface area contributed by atoms with Crippen molar-refractivity contribution in [3.8, 4) is 0 Å². The van der Waals surface area contributed by atoms with Gasteiger partial charge in [-0.15, -0.1) is 0 Å². The largest absolute Gasteiger partial charge is 0.403 e. The maximum Gasteiger partial charge on any atom is 0.403 e. The number of hydrogen-bond donors (Lipinski definition) is 1. The molecule has 2 unspecified atom stereocenters. The molecule has 0 saturated heterocycles. The Morgan fingerprint density at radius 1 is 1.17 bits per heavy atom. The zero-order valence-electron chi connectivity index (χ0n) is 15.9. The van der Waals surface area contributed by atoms with Crippen molar-refractivity contribution >= 4 is 46.9 Å². The molecular weight excluding hydrogens is 460 g/mol. The number of halogens is 6. The molecule has 2 atom stereocenters. The van der Waals surface area contributed by atoms with Crippen LogP contribution in [0.2, 0.25) is 15.1 Å². The molecule has 30 heavy (non-hydrogen) atoms. The first-order chi connectivity index (χ1) is 14.1. The van der Waals surface area contributed by atoms with E-state index < -0.39 is 17.6 Å².